The van der Waals surface area contributed by atoms with Gasteiger partial charge in [0.2, 0.25) is 5.91 Å². The molecule has 0 saturated heterocycles. The van der Waals surface area contributed by atoms with E-state index in [1.807, 2.05) is 12.1 Å². The summed E-state index contributed by atoms with van der Waals surface area (Å²) in [5.41, 5.74) is 1.52. The Balaban J connectivity index is 1.92. The van der Waals surface area contributed by atoms with Gasteiger partial charge in [-0.25, -0.2) is 0 Å². The van der Waals surface area contributed by atoms with Gasteiger partial charge in [-0.2, -0.15) is 13.2 Å². The lowest BCUT2D eigenvalue weighted by molar-refractivity contribution is -0.153. The average Bonchev–Trinajstić information content (AvgIpc) is 2.64. The number of anilines is 1. The molecule has 2 amide bonds. The summed E-state index contributed by atoms with van der Waals surface area (Å²) in [5.74, 6) is -1.13. The topological polar surface area (TPSA) is 67.4 Å². The molecule has 0 atom stereocenters. The van der Waals surface area contributed by atoms with Gasteiger partial charge < -0.3 is 15.4 Å². The van der Waals surface area contributed by atoms with Crippen molar-refractivity contribution >= 4 is 17.5 Å². The zero-order valence-corrected chi connectivity index (χ0v) is 16.4. The lowest BCUT2D eigenvalue weighted by Crippen LogP contribution is -2.33. The molecule has 0 fully saturated rings. The second-order valence-corrected chi connectivity index (χ2v) is 7.46. The number of hydrogen-bond donors (Lipinski definition) is 2. The van der Waals surface area contributed by atoms with Gasteiger partial charge in [0.15, 0.2) is 6.61 Å². The summed E-state index contributed by atoms with van der Waals surface area (Å²) >= 11 is 0. The summed E-state index contributed by atoms with van der Waals surface area (Å²) in [6.07, 6.45) is -4.49. The van der Waals surface area contributed by atoms with Crippen LogP contribution in [0.4, 0.5) is 18.9 Å². The highest BCUT2D eigenvalue weighted by molar-refractivity contribution is 5.99. The Kier molecular flexibility index (Phi) is 6.89. The molecule has 2 rings (SSSR count). The molecule has 5 nitrogen and oxygen atoms in total. The highest BCUT2D eigenvalue weighted by atomic mass is 19.4. The molecular weight excluding hydrogens is 385 g/mol. The quantitative estimate of drug-likeness (QED) is 0.749. The molecule has 2 aromatic carbocycles. The van der Waals surface area contributed by atoms with E-state index in [1.165, 1.54) is 18.2 Å². The van der Waals surface area contributed by atoms with Crippen LogP contribution in [0.5, 0.6) is 5.75 Å². The van der Waals surface area contributed by atoms with Crippen LogP contribution in [0.1, 0.15) is 36.7 Å². The number of alkyl halides is 3. The van der Waals surface area contributed by atoms with E-state index in [4.69, 9.17) is 4.74 Å². The van der Waals surface area contributed by atoms with Crippen LogP contribution in [-0.4, -0.2) is 31.1 Å². The van der Waals surface area contributed by atoms with Crippen molar-refractivity contribution in [2.45, 2.75) is 32.4 Å². The van der Waals surface area contributed by atoms with Gasteiger partial charge in [0, 0.05) is 5.56 Å². The number of rotatable bonds is 6. The fourth-order valence-corrected chi connectivity index (χ4v) is 2.43. The zero-order valence-electron chi connectivity index (χ0n) is 16.4. The minimum atomic E-state index is -4.49. The second kappa shape index (κ2) is 8.98. The fourth-order valence-electron chi connectivity index (χ4n) is 2.43. The monoisotopic (exact) mass is 408 g/mol. The minimum absolute atomic E-state index is 0.0452. The summed E-state index contributed by atoms with van der Waals surface area (Å²) in [4.78, 5) is 24.3. The third kappa shape index (κ3) is 7.14. The Hall–Kier alpha value is -3.03. The highest BCUT2D eigenvalue weighted by Crippen LogP contribution is 2.26. The number of para-hydroxylation sites is 2. The maximum absolute atomic E-state index is 12.3. The van der Waals surface area contributed by atoms with E-state index in [1.54, 1.807) is 18.2 Å². The van der Waals surface area contributed by atoms with Crippen molar-refractivity contribution in [3.8, 4) is 5.75 Å². The molecule has 0 bridgehead atoms. The van der Waals surface area contributed by atoms with Crippen molar-refractivity contribution < 1.29 is 27.5 Å². The molecule has 0 aliphatic heterocycles. The van der Waals surface area contributed by atoms with Crippen LogP contribution in [0.2, 0.25) is 0 Å². The number of amides is 2. The largest absolute Gasteiger partial charge is 0.482 e. The van der Waals surface area contributed by atoms with Gasteiger partial charge in [-0.05, 0) is 35.2 Å². The van der Waals surface area contributed by atoms with E-state index in [0.29, 0.717) is 5.56 Å². The summed E-state index contributed by atoms with van der Waals surface area (Å²) in [7, 11) is 0. The van der Waals surface area contributed by atoms with E-state index in [-0.39, 0.29) is 23.4 Å². The molecule has 0 heterocycles. The van der Waals surface area contributed by atoms with Gasteiger partial charge in [-0.15, -0.1) is 0 Å². The molecule has 0 saturated carbocycles. The van der Waals surface area contributed by atoms with E-state index >= 15 is 0 Å². The maximum Gasteiger partial charge on any atom is 0.422 e. The smallest absolute Gasteiger partial charge is 0.422 e. The van der Waals surface area contributed by atoms with Crippen LogP contribution in [0, 0.1) is 0 Å². The van der Waals surface area contributed by atoms with Crippen LogP contribution in [0.25, 0.3) is 0 Å². The van der Waals surface area contributed by atoms with Crippen molar-refractivity contribution in [2.24, 2.45) is 0 Å². The molecule has 2 N–H and O–H groups in total. The Morgan fingerprint density at radius 1 is 0.966 bits per heavy atom. The van der Waals surface area contributed by atoms with E-state index in [0.717, 1.165) is 5.56 Å². The van der Waals surface area contributed by atoms with Crippen LogP contribution >= 0.6 is 0 Å². The Morgan fingerprint density at radius 3 is 2.17 bits per heavy atom. The van der Waals surface area contributed by atoms with Crippen molar-refractivity contribution in [3.63, 3.8) is 0 Å². The number of halogens is 3. The molecule has 0 unspecified atom stereocenters. The van der Waals surface area contributed by atoms with Crippen molar-refractivity contribution in [1.29, 1.82) is 0 Å². The summed E-state index contributed by atoms with van der Waals surface area (Å²) in [5, 5.41) is 4.92. The van der Waals surface area contributed by atoms with Crippen LogP contribution in [0.3, 0.4) is 0 Å². The van der Waals surface area contributed by atoms with Crippen LogP contribution in [-0.2, 0) is 10.2 Å². The Labute approximate surface area is 167 Å². The molecule has 0 aliphatic rings. The first-order valence-corrected chi connectivity index (χ1v) is 8.93. The lowest BCUT2D eigenvalue weighted by atomic mass is 9.87. The third-order valence-corrected chi connectivity index (χ3v) is 3.98. The molecule has 0 spiro atoms. The van der Waals surface area contributed by atoms with Gasteiger partial charge in [0.1, 0.15) is 5.75 Å². The molecule has 0 radical (unpaired) electrons. The zero-order chi connectivity index (χ0) is 21.7. The molecule has 156 valence electrons. The van der Waals surface area contributed by atoms with Crippen LogP contribution < -0.4 is 15.4 Å². The predicted molar refractivity (Wildman–Crippen MR) is 104 cm³/mol. The number of ether oxygens (including phenoxy) is 1. The van der Waals surface area contributed by atoms with Crippen molar-refractivity contribution in [2.75, 3.05) is 18.5 Å². The molecule has 2 aromatic rings. The summed E-state index contributed by atoms with van der Waals surface area (Å²) < 4.78 is 41.7. The molecular formula is C21H23F3N2O3. The number of hydrogen-bond acceptors (Lipinski definition) is 3. The summed E-state index contributed by atoms with van der Waals surface area (Å²) in [6.45, 7) is 4.36. The van der Waals surface area contributed by atoms with E-state index in [9.17, 15) is 22.8 Å². The van der Waals surface area contributed by atoms with Gasteiger partial charge in [-0.3, -0.25) is 9.59 Å². The molecule has 8 heteroatoms. The minimum Gasteiger partial charge on any atom is -0.482 e. The predicted octanol–water partition coefficient (Wildman–Crippen LogP) is 4.29. The van der Waals surface area contributed by atoms with E-state index < -0.39 is 24.6 Å². The molecule has 0 aromatic heterocycles. The summed E-state index contributed by atoms with van der Waals surface area (Å²) in [6, 6.07) is 12.8. The Morgan fingerprint density at radius 2 is 1.59 bits per heavy atom. The molecule has 0 aliphatic carbocycles. The number of benzene rings is 2. The third-order valence-electron chi connectivity index (χ3n) is 3.98. The van der Waals surface area contributed by atoms with Crippen molar-refractivity contribution in [1.82, 2.24) is 5.32 Å². The fraction of sp³-hybridized carbons (Fsp3) is 0.333. The normalized spacial score (nSPS) is 11.7. The maximum atomic E-state index is 12.3. The van der Waals surface area contributed by atoms with Crippen molar-refractivity contribution in [3.05, 3.63) is 59.7 Å². The number of carbonyl (C=O) groups is 2. The first-order chi connectivity index (χ1) is 13.5. The van der Waals surface area contributed by atoms with Gasteiger partial charge >= 0.3 is 6.18 Å². The SMILES string of the molecule is CC(C)(C)c1ccc(C(=O)NCC(=O)Nc2ccccc2OCC(F)(F)F)cc1. The first kappa shape index (κ1) is 22.3. The number of nitrogens with one attached hydrogen (secondary N) is 2. The lowest BCUT2D eigenvalue weighted by Gasteiger charge is -2.19. The number of carbonyl (C=O) groups excluding carboxylic acids is 2. The Bertz CT molecular complexity index is 857. The average molecular weight is 408 g/mol. The van der Waals surface area contributed by atoms with Crippen LogP contribution in [0.15, 0.2) is 48.5 Å². The second-order valence-electron chi connectivity index (χ2n) is 7.46. The molecule has 29 heavy (non-hydrogen) atoms. The van der Waals surface area contributed by atoms with E-state index in [2.05, 4.69) is 31.4 Å². The van der Waals surface area contributed by atoms with Gasteiger partial charge in [0.05, 0.1) is 12.2 Å². The standard InChI is InChI=1S/C21H23F3N2O3/c1-20(2,3)15-10-8-14(9-11-15)19(28)25-12-18(27)26-16-6-4-5-7-17(16)29-13-21(22,23)24/h4-11H,12-13H2,1-3H3,(H,25,28)(H,26,27). The van der Waals surface area contributed by atoms with Gasteiger partial charge in [-0.1, -0.05) is 45.0 Å². The first-order valence-electron chi connectivity index (χ1n) is 8.93. The highest BCUT2D eigenvalue weighted by Gasteiger charge is 2.28. The van der Waals surface area contributed by atoms with Gasteiger partial charge in [0.25, 0.3) is 5.91 Å².